The second kappa shape index (κ2) is 2.86. The maximum atomic E-state index is 11.6. The molecule has 3 rings (SSSR count). The summed E-state index contributed by atoms with van der Waals surface area (Å²) in [6, 6.07) is 0.00912. The molecular formula is C10H17NO3. The molecule has 0 aromatic rings. The Morgan fingerprint density at radius 1 is 1.50 bits per heavy atom. The first-order chi connectivity index (χ1) is 6.38. The third-order valence-corrected chi connectivity index (χ3v) is 2.88. The van der Waals surface area contributed by atoms with Crippen LogP contribution in [0, 0.1) is 5.92 Å². The van der Waals surface area contributed by atoms with E-state index in [2.05, 4.69) is 0 Å². The summed E-state index contributed by atoms with van der Waals surface area (Å²) in [4.78, 5) is 13.3. The number of ether oxygens (including phenoxy) is 1. The number of fused-ring (bicyclic) bond motifs is 1. The standard InChI is InChI=1S/C10H17NO3/c1-10(2,3)14-9(13)11-5-6-4-7(11)8(6)12/h6-8,12H,4-5H2,1-3H3/t6-,7-,8+/m1/s1. The third-order valence-electron chi connectivity index (χ3n) is 2.88. The predicted octanol–water partition coefficient (Wildman–Crippen LogP) is 0.986. The van der Waals surface area contributed by atoms with Crippen LogP contribution in [0.2, 0.25) is 0 Å². The highest BCUT2D eigenvalue weighted by Crippen LogP contribution is 2.41. The van der Waals surface area contributed by atoms with Gasteiger partial charge >= 0.3 is 6.09 Å². The van der Waals surface area contributed by atoms with E-state index in [0.29, 0.717) is 6.54 Å². The van der Waals surface area contributed by atoms with Crippen molar-refractivity contribution in [1.82, 2.24) is 4.90 Å². The van der Waals surface area contributed by atoms with Crippen LogP contribution in [0.4, 0.5) is 4.79 Å². The van der Waals surface area contributed by atoms with E-state index in [1.54, 1.807) is 4.90 Å². The lowest BCUT2D eigenvalue weighted by atomic mass is 9.83. The molecule has 0 unspecified atom stereocenters. The zero-order chi connectivity index (χ0) is 10.5. The van der Waals surface area contributed by atoms with Gasteiger partial charge in [0.15, 0.2) is 0 Å². The molecule has 1 amide bonds. The molecule has 2 bridgehead atoms. The van der Waals surface area contributed by atoms with Crippen molar-refractivity contribution in [3.63, 3.8) is 0 Å². The molecular weight excluding hydrogens is 182 g/mol. The quantitative estimate of drug-likeness (QED) is 0.633. The average Bonchev–Trinajstić information content (AvgIpc) is 2.55. The Kier molecular flexibility index (Phi) is 2.00. The van der Waals surface area contributed by atoms with Crippen molar-refractivity contribution >= 4 is 6.09 Å². The predicted molar refractivity (Wildman–Crippen MR) is 50.8 cm³/mol. The van der Waals surface area contributed by atoms with Crippen molar-refractivity contribution in [3.8, 4) is 0 Å². The fourth-order valence-corrected chi connectivity index (χ4v) is 2.12. The number of hydrogen-bond acceptors (Lipinski definition) is 3. The molecule has 0 radical (unpaired) electrons. The topological polar surface area (TPSA) is 49.8 Å². The zero-order valence-corrected chi connectivity index (χ0v) is 8.86. The van der Waals surface area contributed by atoms with Gasteiger partial charge in [-0.2, -0.15) is 0 Å². The van der Waals surface area contributed by atoms with Gasteiger partial charge in [-0.15, -0.1) is 0 Å². The van der Waals surface area contributed by atoms with E-state index >= 15 is 0 Å². The molecule has 3 atom stereocenters. The van der Waals surface area contributed by atoms with Crippen molar-refractivity contribution in [2.45, 2.75) is 44.9 Å². The first-order valence-electron chi connectivity index (χ1n) is 5.06. The van der Waals surface area contributed by atoms with Crippen LogP contribution in [0.5, 0.6) is 0 Å². The van der Waals surface area contributed by atoms with Gasteiger partial charge < -0.3 is 14.7 Å². The highest BCUT2D eigenvalue weighted by molar-refractivity contribution is 5.69. The normalized spacial score (nSPS) is 35.4. The lowest BCUT2D eigenvalue weighted by Gasteiger charge is -2.32. The molecule has 4 heteroatoms. The van der Waals surface area contributed by atoms with Crippen LogP contribution >= 0.6 is 0 Å². The maximum Gasteiger partial charge on any atom is 0.410 e. The second-order valence-electron chi connectivity index (χ2n) is 5.19. The molecule has 1 N–H and O–H groups in total. The maximum absolute atomic E-state index is 11.6. The summed E-state index contributed by atoms with van der Waals surface area (Å²) in [6.07, 6.45) is 0.324. The molecule has 3 fully saturated rings. The van der Waals surface area contributed by atoms with Crippen molar-refractivity contribution in [1.29, 1.82) is 0 Å². The lowest BCUT2D eigenvalue weighted by molar-refractivity contribution is -0.00231. The van der Waals surface area contributed by atoms with E-state index in [9.17, 15) is 9.90 Å². The van der Waals surface area contributed by atoms with Gasteiger partial charge in [-0.05, 0) is 27.2 Å². The van der Waals surface area contributed by atoms with Crippen molar-refractivity contribution < 1.29 is 14.6 Å². The molecule has 1 saturated carbocycles. The van der Waals surface area contributed by atoms with Gasteiger partial charge in [0.25, 0.3) is 0 Å². The fraction of sp³-hybridized carbons (Fsp3) is 0.900. The number of amides is 1. The summed E-state index contributed by atoms with van der Waals surface area (Å²) < 4.78 is 5.24. The minimum atomic E-state index is -0.449. The molecule has 4 nitrogen and oxygen atoms in total. The molecule has 80 valence electrons. The number of carbonyl (C=O) groups is 1. The van der Waals surface area contributed by atoms with Crippen LogP contribution in [-0.4, -0.2) is 40.4 Å². The van der Waals surface area contributed by atoms with Crippen molar-refractivity contribution in [2.75, 3.05) is 6.54 Å². The summed E-state index contributed by atoms with van der Waals surface area (Å²) >= 11 is 0. The van der Waals surface area contributed by atoms with Gasteiger partial charge in [0.1, 0.15) is 5.60 Å². The Morgan fingerprint density at radius 3 is 2.50 bits per heavy atom. The smallest absolute Gasteiger partial charge is 0.410 e. The van der Waals surface area contributed by atoms with Crippen LogP contribution in [0.3, 0.4) is 0 Å². The number of aliphatic hydroxyl groups is 1. The van der Waals surface area contributed by atoms with E-state index in [-0.39, 0.29) is 24.2 Å². The summed E-state index contributed by atoms with van der Waals surface area (Å²) in [5.74, 6) is 0.285. The number of nitrogens with zero attached hydrogens (tertiary/aromatic N) is 1. The van der Waals surface area contributed by atoms with E-state index in [1.807, 2.05) is 20.8 Å². The highest BCUT2D eigenvalue weighted by atomic mass is 16.6. The zero-order valence-electron chi connectivity index (χ0n) is 8.86. The van der Waals surface area contributed by atoms with E-state index in [4.69, 9.17) is 4.74 Å². The monoisotopic (exact) mass is 199 g/mol. The van der Waals surface area contributed by atoms with Crippen LogP contribution in [-0.2, 0) is 4.74 Å². The molecule has 2 saturated heterocycles. The summed E-state index contributed by atoms with van der Waals surface area (Å²) in [7, 11) is 0. The first kappa shape index (κ1) is 9.77. The summed E-state index contributed by atoms with van der Waals surface area (Å²) in [5.41, 5.74) is -0.449. The Balaban J connectivity index is 1.94. The minimum Gasteiger partial charge on any atom is -0.444 e. The second-order valence-corrected chi connectivity index (χ2v) is 5.19. The third kappa shape index (κ3) is 1.47. The molecule has 2 heterocycles. The van der Waals surface area contributed by atoms with Crippen LogP contribution in [0.1, 0.15) is 27.2 Å². The Bertz CT molecular complexity index is 259. The SMILES string of the molecule is CC(C)(C)OC(=O)N1C[C@H]2C[C@@H]1[C@H]2O. The number of aliphatic hydroxyl groups excluding tert-OH is 1. The molecule has 0 aromatic carbocycles. The molecule has 14 heavy (non-hydrogen) atoms. The molecule has 0 spiro atoms. The van der Waals surface area contributed by atoms with E-state index in [1.165, 1.54) is 0 Å². The first-order valence-corrected chi connectivity index (χ1v) is 5.06. The molecule has 0 aromatic heterocycles. The van der Waals surface area contributed by atoms with Crippen LogP contribution < -0.4 is 0 Å². The van der Waals surface area contributed by atoms with Crippen molar-refractivity contribution in [2.24, 2.45) is 5.92 Å². The summed E-state index contributed by atoms with van der Waals surface area (Å²) in [5, 5.41) is 9.52. The lowest BCUT2D eigenvalue weighted by Crippen LogP contribution is -2.46. The van der Waals surface area contributed by atoms with Crippen LogP contribution in [0.15, 0.2) is 0 Å². The Hall–Kier alpha value is -0.770. The van der Waals surface area contributed by atoms with E-state index in [0.717, 1.165) is 6.42 Å². The van der Waals surface area contributed by atoms with Gasteiger partial charge in [-0.25, -0.2) is 4.79 Å². The van der Waals surface area contributed by atoms with Gasteiger partial charge in [0.2, 0.25) is 0 Å². The number of rotatable bonds is 0. The number of hydrogen-bond donors (Lipinski definition) is 1. The summed E-state index contributed by atoms with van der Waals surface area (Å²) in [6.45, 7) is 6.20. The number of carbonyl (C=O) groups excluding carboxylic acids is 1. The largest absolute Gasteiger partial charge is 0.444 e. The Morgan fingerprint density at radius 2 is 2.14 bits per heavy atom. The minimum absolute atomic E-state index is 0.00912. The molecule has 1 aliphatic carbocycles. The molecule has 2 aliphatic heterocycles. The van der Waals surface area contributed by atoms with Gasteiger partial charge in [-0.3, -0.25) is 0 Å². The highest BCUT2D eigenvalue weighted by Gasteiger charge is 2.53. The fourth-order valence-electron chi connectivity index (χ4n) is 2.12. The van der Waals surface area contributed by atoms with Gasteiger partial charge in [0.05, 0.1) is 12.1 Å². The Labute approximate surface area is 83.8 Å². The van der Waals surface area contributed by atoms with Gasteiger partial charge in [-0.1, -0.05) is 0 Å². The van der Waals surface area contributed by atoms with Gasteiger partial charge in [0, 0.05) is 12.5 Å². The van der Waals surface area contributed by atoms with Crippen LogP contribution in [0.25, 0.3) is 0 Å². The van der Waals surface area contributed by atoms with Crippen molar-refractivity contribution in [3.05, 3.63) is 0 Å². The average molecular weight is 199 g/mol. The van der Waals surface area contributed by atoms with E-state index < -0.39 is 5.60 Å². The molecule has 3 aliphatic rings.